The highest BCUT2D eigenvalue weighted by molar-refractivity contribution is 6.30. The van der Waals surface area contributed by atoms with Crippen LogP contribution in [0.2, 0.25) is 5.02 Å². The first-order chi connectivity index (χ1) is 7.95. The molecule has 1 unspecified atom stereocenters. The van der Waals surface area contributed by atoms with Crippen molar-refractivity contribution in [3.63, 3.8) is 0 Å². The Morgan fingerprint density at radius 3 is 2.65 bits per heavy atom. The van der Waals surface area contributed by atoms with E-state index < -0.39 is 11.9 Å². The van der Waals surface area contributed by atoms with Crippen LogP contribution in [0.15, 0.2) is 18.2 Å². The van der Waals surface area contributed by atoms with Crippen LogP contribution in [0.5, 0.6) is 0 Å². The summed E-state index contributed by atoms with van der Waals surface area (Å²) in [4.78, 5) is 22.2. The number of aliphatic carboxylic acids is 1. The lowest BCUT2D eigenvalue weighted by atomic mass is 9.93. The third-order valence-electron chi connectivity index (χ3n) is 2.43. The molecule has 0 amide bonds. The van der Waals surface area contributed by atoms with Gasteiger partial charge in [0.1, 0.15) is 0 Å². The van der Waals surface area contributed by atoms with E-state index in [-0.39, 0.29) is 12.3 Å². The molecule has 0 bridgehead atoms. The van der Waals surface area contributed by atoms with Gasteiger partial charge in [-0.1, -0.05) is 18.5 Å². The molecule has 1 rings (SSSR count). The third-order valence-corrected chi connectivity index (χ3v) is 2.67. The van der Waals surface area contributed by atoms with Gasteiger partial charge in [0.2, 0.25) is 0 Å². The molecule has 0 saturated heterocycles. The summed E-state index contributed by atoms with van der Waals surface area (Å²) < 4.78 is 4.64. The molecule has 0 fully saturated rings. The molecule has 0 spiro atoms. The summed E-state index contributed by atoms with van der Waals surface area (Å²) in [5.74, 6) is -1.72. The smallest absolute Gasteiger partial charge is 0.338 e. The quantitative estimate of drug-likeness (QED) is 0.842. The number of esters is 1. The van der Waals surface area contributed by atoms with Crippen molar-refractivity contribution in [3.8, 4) is 0 Å². The van der Waals surface area contributed by atoms with Crippen LogP contribution in [0, 0.1) is 0 Å². The van der Waals surface area contributed by atoms with Gasteiger partial charge in [-0.05, 0) is 29.7 Å². The molecule has 0 aliphatic heterocycles. The zero-order chi connectivity index (χ0) is 13.0. The minimum absolute atomic E-state index is 0.0651. The zero-order valence-electron chi connectivity index (χ0n) is 9.57. The second-order valence-electron chi connectivity index (χ2n) is 3.72. The number of methoxy groups -OCH3 is 1. The molecule has 0 aromatic heterocycles. The van der Waals surface area contributed by atoms with Crippen LogP contribution in [0.1, 0.15) is 35.2 Å². The van der Waals surface area contributed by atoms with Crippen LogP contribution < -0.4 is 0 Å². The lowest BCUT2D eigenvalue weighted by Gasteiger charge is -2.13. The Morgan fingerprint density at radius 1 is 1.47 bits per heavy atom. The van der Waals surface area contributed by atoms with E-state index in [1.54, 1.807) is 25.1 Å². The van der Waals surface area contributed by atoms with Gasteiger partial charge in [-0.25, -0.2) is 4.79 Å². The molecule has 0 heterocycles. The summed E-state index contributed by atoms with van der Waals surface area (Å²) in [5.41, 5.74) is 0.942. The summed E-state index contributed by atoms with van der Waals surface area (Å²) in [6.07, 6.45) is -0.0651. The first-order valence-corrected chi connectivity index (χ1v) is 5.43. The Labute approximate surface area is 104 Å². The van der Waals surface area contributed by atoms with Gasteiger partial charge in [-0.2, -0.15) is 0 Å². The van der Waals surface area contributed by atoms with Crippen LogP contribution in [0.3, 0.4) is 0 Å². The van der Waals surface area contributed by atoms with Gasteiger partial charge < -0.3 is 9.84 Å². The molecular weight excluding hydrogens is 244 g/mol. The van der Waals surface area contributed by atoms with E-state index >= 15 is 0 Å². The number of carbonyl (C=O) groups is 2. The molecule has 0 aliphatic rings. The van der Waals surface area contributed by atoms with Gasteiger partial charge in [0.05, 0.1) is 19.1 Å². The Hall–Kier alpha value is -1.55. The number of carboxylic acid groups (broad SMARTS) is 1. The summed E-state index contributed by atoms with van der Waals surface area (Å²) in [5, 5.41) is 9.21. The van der Waals surface area contributed by atoms with Crippen LogP contribution in [-0.4, -0.2) is 24.2 Å². The average molecular weight is 257 g/mol. The minimum Gasteiger partial charge on any atom is -0.481 e. The number of benzene rings is 1. The Balaban J connectivity index is 3.14. The SMILES string of the molecule is COC(=O)c1ccc(Cl)cc1C(C)CC(=O)O. The van der Waals surface area contributed by atoms with E-state index in [0.29, 0.717) is 16.1 Å². The normalized spacial score (nSPS) is 11.9. The molecule has 1 atom stereocenters. The Morgan fingerprint density at radius 2 is 2.12 bits per heavy atom. The maximum absolute atomic E-state index is 11.5. The molecule has 1 N–H and O–H groups in total. The first kappa shape index (κ1) is 13.5. The number of ether oxygens (including phenoxy) is 1. The number of halogens is 1. The monoisotopic (exact) mass is 256 g/mol. The van der Waals surface area contributed by atoms with Crippen molar-refractivity contribution in [2.24, 2.45) is 0 Å². The van der Waals surface area contributed by atoms with Crippen molar-refractivity contribution in [1.29, 1.82) is 0 Å². The number of carbonyl (C=O) groups excluding carboxylic acids is 1. The number of carboxylic acids is 1. The van der Waals surface area contributed by atoms with Crippen LogP contribution in [0.4, 0.5) is 0 Å². The maximum Gasteiger partial charge on any atom is 0.338 e. The molecule has 1 aromatic carbocycles. The van der Waals surface area contributed by atoms with E-state index in [2.05, 4.69) is 4.74 Å². The summed E-state index contributed by atoms with van der Waals surface area (Å²) >= 11 is 5.85. The molecule has 0 aliphatic carbocycles. The van der Waals surface area contributed by atoms with Gasteiger partial charge >= 0.3 is 11.9 Å². The number of hydrogen-bond acceptors (Lipinski definition) is 3. The van der Waals surface area contributed by atoms with Crippen molar-refractivity contribution in [1.82, 2.24) is 0 Å². The second kappa shape index (κ2) is 5.68. The standard InChI is InChI=1S/C12H13ClO4/c1-7(5-11(14)15)10-6-8(13)3-4-9(10)12(16)17-2/h3-4,6-7H,5H2,1-2H3,(H,14,15). The molecule has 0 saturated carbocycles. The van der Waals surface area contributed by atoms with Gasteiger partial charge in [0.25, 0.3) is 0 Å². The van der Waals surface area contributed by atoms with E-state index in [4.69, 9.17) is 16.7 Å². The summed E-state index contributed by atoms with van der Waals surface area (Å²) in [6.45, 7) is 1.73. The predicted molar refractivity (Wildman–Crippen MR) is 63.5 cm³/mol. The van der Waals surface area contributed by atoms with E-state index in [0.717, 1.165) is 0 Å². The lowest BCUT2D eigenvalue weighted by molar-refractivity contribution is -0.137. The maximum atomic E-state index is 11.5. The fourth-order valence-electron chi connectivity index (χ4n) is 1.61. The second-order valence-corrected chi connectivity index (χ2v) is 4.16. The fourth-order valence-corrected chi connectivity index (χ4v) is 1.79. The number of hydrogen-bond donors (Lipinski definition) is 1. The van der Waals surface area contributed by atoms with E-state index in [1.165, 1.54) is 7.11 Å². The fraction of sp³-hybridized carbons (Fsp3) is 0.333. The predicted octanol–water partition coefficient (Wildman–Crippen LogP) is 2.70. The first-order valence-electron chi connectivity index (χ1n) is 5.05. The molecule has 5 heteroatoms. The molecule has 92 valence electrons. The van der Waals surface area contributed by atoms with Crippen molar-refractivity contribution < 1.29 is 19.4 Å². The van der Waals surface area contributed by atoms with Crippen molar-refractivity contribution in [3.05, 3.63) is 34.3 Å². The summed E-state index contributed by atoms with van der Waals surface area (Å²) in [7, 11) is 1.28. The van der Waals surface area contributed by atoms with E-state index in [9.17, 15) is 9.59 Å². The highest BCUT2D eigenvalue weighted by Gasteiger charge is 2.19. The molecule has 0 radical (unpaired) electrons. The van der Waals surface area contributed by atoms with Crippen molar-refractivity contribution >= 4 is 23.5 Å². The molecule has 4 nitrogen and oxygen atoms in total. The average Bonchev–Trinajstić information content (AvgIpc) is 2.27. The van der Waals surface area contributed by atoms with Crippen LogP contribution >= 0.6 is 11.6 Å². The van der Waals surface area contributed by atoms with Crippen LogP contribution in [0.25, 0.3) is 0 Å². The Kier molecular flexibility index (Phi) is 4.52. The zero-order valence-corrected chi connectivity index (χ0v) is 10.3. The lowest BCUT2D eigenvalue weighted by Crippen LogP contribution is -2.10. The van der Waals surface area contributed by atoms with Crippen molar-refractivity contribution in [2.75, 3.05) is 7.11 Å². The largest absolute Gasteiger partial charge is 0.481 e. The van der Waals surface area contributed by atoms with Gasteiger partial charge in [0.15, 0.2) is 0 Å². The summed E-state index contributed by atoms with van der Waals surface area (Å²) in [6, 6.07) is 4.72. The number of rotatable bonds is 4. The van der Waals surface area contributed by atoms with Gasteiger partial charge in [-0.3, -0.25) is 4.79 Å². The molecule has 17 heavy (non-hydrogen) atoms. The topological polar surface area (TPSA) is 63.6 Å². The van der Waals surface area contributed by atoms with Crippen LogP contribution in [-0.2, 0) is 9.53 Å². The third kappa shape index (κ3) is 3.46. The Bertz CT molecular complexity index is 442. The minimum atomic E-state index is -0.923. The molecule has 1 aromatic rings. The van der Waals surface area contributed by atoms with Crippen molar-refractivity contribution in [2.45, 2.75) is 19.3 Å². The van der Waals surface area contributed by atoms with Gasteiger partial charge in [0, 0.05) is 5.02 Å². The molecular formula is C12H13ClO4. The van der Waals surface area contributed by atoms with Gasteiger partial charge in [-0.15, -0.1) is 0 Å². The van der Waals surface area contributed by atoms with E-state index in [1.807, 2.05) is 0 Å². The highest BCUT2D eigenvalue weighted by Crippen LogP contribution is 2.26. The highest BCUT2D eigenvalue weighted by atomic mass is 35.5.